The Labute approximate surface area is 210 Å². The number of oxazole rings is 1. The van der Waals surface area contributed by atoms with Crippen LogP contribution >= 0.6 is 0 Å². The van der Waals surface area contributed by atoms with Gasteiger partial charge in [0.15, 0.2) is 5.58 Å². The van der Waals surface area contributed by atoms with E-state index in [1.807, 2.05) is 48.5 Å². The maximum atomic E-state index is 11.9. The zero-order valence-electron chi connectivity index (χ0n) is 20.4. The lowest BCUT2D eigenvalue weighted by Crippen LogP contribution is -2.39. The number of carboxylic acid groups (broad SMARTS) is 1. The minimum Gasteiger partial charge on any atom is -0.478 e. The van der Waals surface area contributed by atoms with E-state index in [9.17, 15) is 9.90 Å². The van der Waals surface area contributed by atoms with E-state index in [0.29, 0.717) is 29.8 Å². The summed E-state index contributed by atoms with van der Waals surface area (Å²) in [5.41, 5.74) is 5.07. The zero-order chi connectivity index (χ0) is 24.9. The molecule has 1 fully saturated rings. The predicted molar refractivity (Wildman–Crippen MR) is 142 cm³/mol. The summed E-state index contributed by atoms with van der Waals surface area (Å²) in [5.74, 6) is -0.952. The van der Waals surface area contributed by atoms with Gasteiger partial charge in [0.2, 0.25) is 0 Å². The quantitative estimate of drug-likeness (QED) is 0.272. The molecule has 2 N–H and O–H groups in total. The highest BCUT2D eigenvalue weighted by Crippen LogP contribution is 2.38. The second-order valence-corrected chi connectivity index (χ2v) is 9.17. The third-order valence-corrected chi connectivity index (χ3v) is 6.86. The number of carboxylic acids is 1. The molecule has 4 aromatic rings. The summed E-state index contributed by atoms with van der Waals surface area (Å²) < 4.78 is 11.4. The van der Waals surface area contributed by atoms with Crippen molar-refractivity contribution in [1.29, 1.82) is 0 Å². The number of carbonyl (C=O) groups is 1. The van der Waals surface area contributed by atoms with Crippen LogP contribution in [0.5, 0.6) is 0 Å². The van der Waals surface area contributed by atoms with Crippen LogP contribution in [0.2, 0.25) is 0 Å². The lowest BCUT2D eigenvalue weighted by molar-refractivity contribution is 0.0697. The lowest BCUT2D eigenvalue weighted by atomic mass is 9.93. The number of methoxy groups -OCH3 is 1. The average Bonchev–Trinajstić information content (AvgIpc) is 3.32. The fraction of sp³-hybridized carbons (Fsp3) is 0.310. The topological polar surface area (TPSA) is 87.8 Å². The molecule has 0 unspecified atom stereocenters. The van der Waals surface area contributed by atoms with E-state index in [1.54, 1.807) is 19.2 Å². The van der Waals surface area contributed by atoms with E-state index < -0.39 is 5.97 Å². The van der Waals surface area contributed by atoms with Crippen molar-refractivity contribution in [2.75, 3.05) is 30.5 Å². The number of fused-ring (bicyclic) bond motifs is 1. The molecule has 0 bridgehead atoms. The molecule has 1 aliphatic rings. The van der Waals surface area contributed by atoms with Crippen molar-refractivity contribution in [3.63, 3.8) is 0 Å². The summed E-state index contributed by atoms with van der Waals surface area (Å²) >= 11 is 0. The molecule has 7 heteroatoms. The van der Waals surface area contributed by atoms with Crippen molar-refractivity contribution in [3.05, 3.63) is 72.3 Å². The average molecular weight is 486 g/mol. The Kier molecular flexibility index (Phi) is 7.18. The summed E-state index contributed by atoms with van der Waals surface area (Å²) in [7, 11) is 1.72. The first kappa shape index (κ1) is 23.9. The van der Waals surface area contributed by atoms with Crippen molar-refractivity contribution >= 4 is 34.5 Å². The van der Waals surface area contributed by atoms with Gasteiger partial charge < -0.3 is 24.5 Å². The summed E-state index contributed by atoms with van der Waals surface area (Å²) in [5, 5.41) is 13.2. The Balaban J connectivity index is 1.60. The number of nitrogens with zero attached hydrogens (tertiary/aromatic N) is 2. The molecule has 0 atom stereocenters. The minimum absolute atomic E-state index is 0.265. The fourth-order valence-corrected chi connectivity index (χ4v) is 5.10. The standard InChI is InChI=1S/C29H31N3O4/c1-35-18-17-32(21-9-3-2-4-10-21)26-16-15-20(22-11-5-6-12-23(22)28(33)34)19-25(26)31-29-30-24-13-7-8-14-27(24)36-29/h5-8,11-16,19,21H,2-4,9-10,17-18H2,1H3,(H,30,31)(H,33,34). The Morgan fingerprint density at radius 2 is 1.86 bits per heavy atom. The molecule has 7 nitrogen and oxygen atoms in total. The van der Waals surface area contributed by atoms with Crippen LogP contribution in [0, 0.1) is 0 Å². The molecular formula is C29H31N3O4. The van der Waals surface area contributed by atoms with Crippen LogP contribution in [0.15, 0.2) is 71.1 Å². The predicted octanol–water partition coefficient (Wildman–Crippen LogP) is 6.72. The molecule has 1 aliphatic carbocycles. The first-order valence-corrected chi connectivity index (χ1v) is 12.5. The Hall–Kier alpha value is -3.84. The number of benzene rings is 3. The normalized spacial score (nSPS) is 14.1. The molecule has 0 radical (unpaired) electrons. The maximum Gasteiger partial charge on any atom is 0.336 e. The van der Waals surface area contributed by atoms with Gasteiger partial charge in [-0.15, -0.1) is 0 Å². The molecule has 36 heavy (non-hydrogen) atoms. The Morgan fingerprint density at radius 3 is 2.64 bits per heavy atom. The lowest BCUT2D eigenvalue weighted by Gasteiger charge is -2.37. The number of nitrogens with one attached hydrogen (secondary N) is 1. The van der Waals surface area contributed by atoms with Gasteiger partial charge in [0, 0.05) is 19.7 Å². The number of ether oxygens (including phenoxy) is 1. The molecule has 5 rings (SSSR count). The third kappa shape index (κ3) is 5.06. The molecule has 3 aromatic carbocycles. The van der Waals surface area contributed by atoms with Crippen LogP contribution in [0.25, 0.3) is 22.2 Å². The highest BCUT2D eigenvalue weighted by atomic mass is 16.5. The van der Waals surface area contributed by atoms with Gasteiger partial charge in [-0.05, 0) is 54.3 Å². The highest BCUT2D eigenvalue weighted by molar-refractivity contribution is 5.97. The second kappa shape index (κ2) is 10.8. The van der Waals surface area contributed by atoms with Gasteiger partial charge >= 0.3 is 5.97 Å². The number of rotatable bonds is 9. The molecule has 0 spiro atoms. The van der Waals surface area contributed by atoms with Crippen LogP contribution < -0.4 is 10.2 Å². The minimum atomic E-state index is -0.952. The zero-order valence-corrected chi connectivity index (χ0v) is 20.4. The number of anilines is 3. The van der Waals surface area contributed by atoms with E-state index in [4.69, 9.17) is 9.15 Å². The summed E-state index contributed by atoms with van der Waals surface area (Å²) in [4.78, 5) is 18.9. The van der Waals surface area contributed by atoms with Crippen molar-refractivity contribution in [2.45, 2.75) is 38.1 Å². The molecule has 1 heterocycles. The summed E-state index contributed by atoms with van der Waals surface area (Å²) in [6, 6.07) is 21.6. The van der Waals surface area contributed by atoms with Gasteiger partial charge in [-0.25, -0.2) is 4.79 Å². The molecule has 0 saturated heterocycles. The molecule has 1 saturated carbocycles. The van der Waals surface area contributed by atoms with Crippen LogP contribution in [0.3, 0.4) is 0 Å². The number of hydrogen-bond donors (Lipinski definition) is 2. The molecule has 0 amide bonds. The first-order chi connectivity index (χ1) is 17.6. The fourth-order valence-electron chi connectivity index (χ4n) is 5.10. The van der Waals surface area contributed by atoms with Gasteiger partial charge in [0.1, 0.15) is 5.52 Å². The van der Waals surface area contributed by atoms with Crippen molar-refractivity contribution in [3.8, 4) is 11.1 Å². The van der Waals surface area contributed by atoms with E-state index >= 15 is 0 Å². The highest BCUT2D eigenvalue weighted by Gasteiger charge is 2.24. The Bertz CT molecular complexity index is 1310. The van der Waals surface area contributed by atoms with Gasteiger partial charge in [-0.3, -0.25) is 0 Å². The van der Waals surface area contributed by atoms with Gasteiger partial charge in [-0.1, -0.05) is 55.7 Å². The monoisotopic (exact) mass is 485 g/mol. The smallest absolute Gasteiger partial charge is 0.336 e. The molecule has 0 aliphatic heterocycles. The van der Waals surface area contributed by atoms with Crippen LogP contribution in [0.1, 0.15) is 42.5 Å². The third-order valence-electron chi connectivity index (χ3n) is 6.86. The van der Waals surface area contributed by atoms with E-state index in [1.165, 1.54) is 19.3 Å². The molecule has 1 aromatic heterocycles. The van der Waals surface area contributed by atoms with Gasteiger partial charge in [0.25, 0.3) is 6.01 Å². The number of para-hydroxylation sites is 2. The van der Waals surface area contributed by atoms with E-state index in [2.05, 4.69) is 21.3 Å². The first-order valence-electron chi connectivity index (χ1n) is 12.5. The van der Waals surface area contributed by atoms with Gasteiger partial charge in [0.05, 0.1) is 23.5 Å². The summed E-state index contributed by atoms with van der Waals surface area (Å²) in [6.45, 7) is 1.37. The SMILES string of the molecule is COCCN(c1ccc(-c2ccccc2C(=O)O)cc1Nc1nc2ccccc2o1)C1CCCCC1. The molecular weight excluding hydrogens is 454 g/mol. The van der Waals surface area contributed by atoms with E-state index in [-0.39, 0.29) is 5.56 Å². The number of aromatic nitrogens is 1. The van der Waals surface area contributed by atoms with Crippen molar-refractivity contribution in [2.24, 2.45) is 0 Å². The maximum absolute atomic E-state index is 11.9. The van der Waals surface area contributed by atoms with Crippen LogP contribution in [-0.2, 0) is 4.74 Å². The summed E-state index contributed by atoms with van der Waals surface area (Å²) in [6.07, 6.45) is 5.97. The van der Waals surface area contributed by atoms with Gasteiger partial charge in [-0.2, -0.15) is 4.98 Å². The van der Waals surface area contributed by atoms with Crippen molar-refractivity contribution in [1.82, 2.24) is 4.98 Å². The number of hydrogen-bond acceptors (Lipinski definition) is 6. The van der Waals surface area contributed by atoms with Crippen LogP contribution in [0.4, 0.5) is 17.4 Å². The molecule has 186 valence electrons. The van der Waals surface area contributed by atoms with E-state index in [0.717, 1.165) is 41.8 Å². The second-order valence-electron chi connectivity index (χ2n) is 9.17. The Morgan fingerprint density at radius 1 is 1.08 bits per heavy atom. The van der Waals surface area contributed by atoms with Crippen molar-refractivity contribution < 1.29 is 19.1 Å². The number of aromatic carboxylic acids is 1. The largest absolute Gasteiger partial charge is 0.478 e. The van der Waals surface area contributed by atoms with Crippen LogP contribution in [-0.4, -0.2) is 42.4 Å².